The van der Waals surface area contributed by atoms with Crippen molar-refractivity contribution in [3.63, 3.8) is 0 Å². The van der Waals surface area contributed by atoms with E-state index in [-0.39, 0.29) is 102 Å². The lowest BCUT2D eigenvalue weighted by atomic mass is 9.90. The molecule has 17 heteroatoms. The van der Waals surface area contributed by atoms with Crippen LogP contribution in [0.4, 0.5) is 0 Å². The molecule has 0 aliphatic rings. The predicted molar refractivity (Wildman–Crippen MR) is 251 cm³/mol. The molecule has 360 valence electrons. The summed E-state index contributed by atoms with van der Waals surface area (Å²) in [5, 5.41) is 0. The summed E-state index contributed by atoms with van der Waals surface area (Å²) >= 11 is 0. The minimum absolute atomic E-state index is 0.0218. The molecule has 17 nitrogen and oxygen atoms in total. The van der Waals surface area contributed by atoms with Crippen molar-refractivity contribution in [2.45, 2.75) is 0 Å². The van der Waals surface area contributed by atoms with E-state index in [0.29, 0.717) is 23.0 Å². The van der Waals surface area contributed by atoms with Crippen LogP contribution < -0.4 is 61.6 Å². The summed E-state index contributed by atoms with van der Waals surface area (Å²) in [5.41, 5.74) is -1.42. The lowest BCUT2D eigenvalue weighted by Gasteiger charge is -2.21. The summed E-state index contributed by atoms with van der Waals surface area (Å²) < 4.78 is 74.0. The van der Waals surface area contributed by atoms with Gasteiger partial charge in [0.15, 0.2) is 0 Å². The lowest BCUT2D eigenvalue weighted by Crippen LogP contribution is -2.17. The van der Waals surface area contributed by atoms with Gasteiger partial charge in [0.05, 0.1) is 96.4 Å². The number of carbonyl (C=O) groups excluding carboxylic acids is 4. The summed E-state index contributed by atoms with van der Waals surface area (Å²) in [6.45, 7) is 0. The van der Waals surface area contributed by atoms with E-state index >= 15 is 19.2 Å². The van der Waals surface area contributed by atoms with Gasteiger partial charge in [0.25, 0.3) is 0 Å². The van der Waals surface area contributed by atoms with Crippen molar-refractivity contribution in [3.8, 4) is 80.5 Å². The molecular weight excluding hydrogens is 897 g/mol. The third-order valence-corrected chi connectivity index (χ3v) is 11.0. The number of hydrogen-bond acceptors (Lipinski definition) is 17. The Hall–Kier alpha value is -8.60. The standard InChI is InChI=1S/C52H50O17/c1-57-27-19-35(61-5)45(36(20-27)62-6)49(53)31-15-13-17-33(43(31)51(55)47-39(65-9)23-29(59-3)24-40(47)66-10)69-34-18-14-16-32(50(54)46-37(63-7)21-28(58-2)22-38(46)64-8)44(34)52(56)48-41(67-11)25-30(60-4)26-42(48)68-12/h13-26H,1-12H3. The molecule has 0 bridgehead atoms. The molecule has 0 spiro atoms. The molecule has 6 aromatic rings. The van der Waals surface area contributed by atoms with Gasteiger partial charge in [-0.15, -0.1) is 0 Å². The van der Waals surface area contributed by atoms with Crippen molar-refractivity contribution in [3.05, 3.63) is 129 Å². The van der Waals surface area contributed by atoms with Crippen LogP contribution >= 0.6 is 0 Å². The first kappa shape index (κ1) is 49.8. The SMILES string of the molecule is COc1cc(OC)c(C(=O)c2cccc(Oc3cccc(C(=O)c4c(OC)cc(OC)cc4OC)c3C(=O)c3c(OC)cc(OC)cc3OC)c2C(=O)c2c(OC)cc(OC)cc2OC)c(OC)c1. The first-order valence-corrected chi connectivity index (χ1v) is 20.7. The van der Waals surface area contributed by atoms with Gasteiger partial charge in [0.2, 0.25) is 23.1 Å². The monoisotopic (exact) mass is 946 g/mol. The van der Waals surface area contributed by atoms with Gasteiger partial charge in [-0.05, 0) is 12.1 Å². The van der Waals surface area contributed by atoms with E-state index in [4.69, 9.17) is 61.6 Å². The number of hydrogen-bond donors (Lipinski definition) is 0. The molecule has 0 aromatic heterocycles. The summed E-state index contributed by atoms with van der Waals surface area (Å²) in [5.74, 6) is -2.03. The van der Waals surface area contributed by atoms with Crippen molar-refractivity contribution in [2.24, 2.45) is 0 Å². The van der Waals surface area contributed by atoms with Crippen LogP contribution in [0.3, 0.4) is 0 Å². The minimum Gasteiger partial charge on any atom is -0.496 e. The number of rotatable bonds is 22. The molecule has 0 heterocycles. The fourth-order valence-electron chi connectivity index (χ4n) is 7.63. The lowest BCUT2D eigenvalue weighted by molar-refractivity contribution is 0.0991. The normalized spacial score (nSPS) is 10.6. The Balaban J connectivity index is 1.72. The highest BCUT2D eigenvalue weighted by molar-refractivity contribution is 6.25. The maximum Gasteiger partial charge on any atom is 0.205 e. The molecule has 0 N–H and O–H groups in total. The molecule has 0 fully saturated rings. The fraction of sp³-hybridized carbons (Fsp3) is 0.231. The van der Waals surface area contributed by atoms with Crippen LogP contribution in [-0.4, -0.2) is 108 Å². The average molecular weight is 947 g/mol. The smallest absolute Gasteiger partial charge is 0.205 e. The minimum atomic E-state index is -0.817. The van der Waals surface area contributed by atoms with Crippen LogP contribution in [0.15, 0.2) is 84.9 Å². The second-order valence-corrected chi connectivity index (χ2v) is 14.4. The van der Waals surface area contributed by atoms with Gasteiger partial charge in [0, 0.05) is 59.7 Å². The van der Waals surface area contributed by atoms with Gasteiger partial charge < -0.3 is 61.6 Å². The van der Waals surface area contributed by atoms with Crippen molar-refractivity contribution in [1.82, 2.24) is 0 Å². The first-order valence-electron chi connectivity index (χ1n) is 20.7. The van der Waals surface area contributed by atoms with E-state index in [0.717, 1.165) is 0 Å². The number of methoxy groups -OCH3 is 12. The van der Waals surface area contributed by atoms with Crippen molar-refractivity contribution < 1.29 is 80.8 Å². The van der Waals surface area contributed by atoms with E-state index in [2.05, 4.69) is 0 Å². The topological polar surface area (TPSA) is 188 Å². The summed E-state index contributed by atoms with van der Waals surface area (Å²) in [6, 6.07) is 20.5. The number of benzene rings is 6. The number of ether oxygens (including phenoxy) is 13. The molecule has 6 aromatic carbocycles. The molecule has 0 aliphatic heterocycles. The Kier molecular flexibility index (Phi) is 15.7. The van der Waals surface area contributed by atoms with Crippen LogP contribution in [0.5, 0.6) is 80.5 Å². The van der Waals surface area contributed by atoms with Crippen LogP contribution in [-0.2, 0) is 0 Å². The third-order valence-electron chi connectivity index (χ3n) is 11.0. The predicted octanol–water partition coefficient (Wildman–Crippen LogP) is 8.51. The van der Waals surface area contributed by atoms with Gasteiger partial charge in [0.1, 0.15) is 103 Å². The zero-order chi connectivity index (χ0) is 50.1. The first-order chi connectivity index (χ1) is 33.3. The summed E-state index contributed by atoms with van der Waals surface area (Å²) in [7, 11) is 16.6. The molecule has 0 saturated carbocycles. The Morgan fingerprint density at radius 3 is 0.681 bits per heavy atom. The van der Waals surface area contributed by atoms with Gasteiger partial charge in [-0.25, -0.2) is 0 Å². The molecule has 0 amide bonds. The van der Waals surface area contributed by atoms with Gasteiger partial charge in [-0.2, -0.15) is 0 Å². The summed E-state index contributed by atoms with van der Waals surface area (Å²) in [6.07, 6.45) is 0. The fourth-order valence-corrected chi connectivity index (χ4v) is 7.63. The van der Waals surface area contributed by atoms with Crippen molar-refractivity contribution in [1.29, 1.82) is 0 Å². The molecule has 0 saturated heterocycles. The third kappa shape index (κ3) is 9.52. The van der Waals surface area contributed by atoms with Gasteiger partial charge >= 0.3 is 0 Å². The van der Waals surface area contributed by atoms with Crippen molar-refractivity contribution >= 4 is 23.1 Å². The largest absolute Gasteiger partial charge is 0.496 e. The average Bonchev–Trinajstić information content (AvgIpc) is 3.39. The van der Waals surface area contributed by atoms with E-state index in [1.165, 1.54) is 170 Å². The quantitative estimate of drug-likeness (QED) is 0.0589. The molecule has 6 rings (SSSR count). The van der Waals surface area contributed by atoms with Crippen molar-refractivity contribution in [2.75, 3.05) is 85.3 Å². The molecule has 0 atom stereocenters. The maximum atomic E-state index is 15.5. The molecule has 0 radical (unpaired) electrons. The van der Waals surface area contributed by atoms with Gasteiger partial charge in [-0.3, -0.25) is 19.2 Å². The Morgan fingerprint density at radius 2 is 0.478 bits per heavy atom. The Morgan fingerprint density at radius 1 is 0.261 bits per heavy atom. The highest BCUT2D eigenvalue weighted by atomic mass is 16.5. The van der Waals surface area contributed by atoms with E-state index in [1.54, 1.807) is 0 Å². The van der Waals surface area contributed by atoms with Crippen LogP contribution in [0, 0.1) is 0 Å². The second-order valence-electron chi connectivity index (χ2n) is 14.4. The van der Waals surface area contributed by atoms with Crippen LogP contribution in [0.25, 0.3) is 0 Å². The van der Waals surface area contributed by atoms with E-state index in [1.807, 2.05) is 0 Å². The summed E-state index contributed by atoms with van der Waals surface area (Å²) in [4.78, 5) is 61.2. The number of carbonyl (C=O) groups is 4. The molecular formula is C52H50O17. The zero-order valence-corrected chi connectivity index (χ0v) is 40.0. The van der Waals surface area contributed by atoms with Crippen LogP contribution in [0.1, 0.15) is 63.7 Å². The van der Waals surface area contributed by atoms with E-state index in [9.17, 15) is 0 Å². The zero-order valence-electron chi connectivity index (χ0n) is 40.0. The Bertz CT molecular complexity index is 2640. The van der Waals surface area contributed by atoms with Gasteiger partial charge in [-0.1, -0.05) is 24.3 Å². The highest BCUT2D eigenvalue weighted by Gasteiger charge is 2.35. The molecule has 0 aliphatic carbocycles. The highest BCUT2D eigenvalue weighted by Crippen LogP contribution is 2.45. The van der Waals surface area contributed by atoms with Crippen LogP contribution in [0.2, 0.25) is 0 Å². The van der Waals surface area contributed by atoms with E-state index < -0.39 is 23.1 Å². The molecule has 0 unspecified atom stereocenters. The maximum absolute atomic E-state index is 15.5. The second kappa shape index (κ2) is 21.8. The molecule has 69 heavy (non-hydrogen) atoms. The number of ketones is 4. The Labute approximate surface area is 398 Å².